The Morgan fingerprint density at radius 1 is 1.24 bits per heavy atom. The van der Waals surface area contributed by atoms with Crippen LogP contribution in [-0.4, -0.2) is 42.1 Å². The van der Waals surface area contributed by atoms with Crippen LogP contribution < -0.4 is 10.6 Å². The largest absolute Gasteiger partial charge is 0.335 e. The summed E-state index contributed by atoms with van der Waals surface area (Å²) in [5, 5.41) is 6.87. The van der Waals surface area contributed by atoms with Gasteiger partial charge in [0, 0.05) is 24.7 Å². The molecule has 1 aliphatic carbocycles. The number of carbonyl (C=O) groups excluding carboxylic acids is 1. The Kier molecular flexibility index (Phi) is 2.99. The Hall–Kier alpha value is -0.770. The molecular formula is C13H23N3O. The van der Waals surface area contributed by atoms with Crippen LogP contribution in [0.4, 0.5) is 4.79 Å². The predicted octanol–water partition coefficient (Wildman–Crippen LogP) is 1.47. The SMILES string of the molecule is O=C(NC1CCNC2(CCC2)C1)N1CCCC1. The van der Waals surface area contributed by atoms with Gasteiger partial charge in [0.05, 0.1) is 0 Å². The maximum atomic E-state index is 12.0. The molecule has 4 heteroatoms. The number of likely N-dealkylation sites (tertiary alicyclic amines) is 1. The molecule has 0 bridgehead atoms. The molecular weight excluding hydrogens is 214 g/mol. The summed E-state index contributed by atoms with van der Waals surface area (Å²) in [6.45, 7) is 2.95. The van der Waals surface area contributed by atoms with Gasteiger partial charge in [0.15, 0.2) is 0 Å². The Bertz CT molecular complexity index is 295. The molecule has 1 atom stereocenters. The van der Waals surface area contributed by atoms with Crippen LogP contribution in [0.2, 0.25) is 0 Å². The molecule has 0 aromatic heterocycles. The highest BCUT2D eigenvalue weighted by Crippen LogP contribution is 2.38. The van der Waals surface area contributed by atoms with Gasteiger partial charge in [-0.25, -0.2) is 4.79 Å². The molecule has 2 heterocycles. The standard InChI is InChI=1S/C13H23N3O/c17-12(16-8-1-2-9-16)15-11-4-7-14-13(10-11)5-3-6-13/h11,14H,1-10H2,(H,15,17). The third kappa shape index (κ3) is 2.28. The van der Waals surface area contributed by atoms with Crippen molar-refractivity contribution in [3.05, 3.63) is 0 Å². The maximum absolute atomic E-state index is 12.0. The summed E-state index contributed by atoms with van der Waals surface area (Å²) >= 11 is 0. The van der Waals surface area contributed by atoms with E-state index in [9.17, 15) is 4.79 Å². The molecule has 2 amide bonds. The van der Waals surface area contributed by atoms with Gasteiger partial charge in [0.25, 0.3) is 0 Å². The van der Waals surface area contributed by atoms with Crippen molar-refractivity contribution < 1.29 is 4.79 Å². The van der Waals surface area contributed by atoms with E-state index >= 15 is 0 Å². The molecule has 96 valence electrons. The van der Waals surface area contributed by atoms with E-state index in [2.05, 4.69) is 10.6 Å². The van der Waals surface area contributed by atoms with Crippen LogP contribution in [0.1, 0.15) is 44.9 Å². The van der Waals surface area contributed by atoms with Gasteiger partial charge in [-0.15, -0.1) is 0 Å². The molecule has 0 radical (unpaired) electrons. The molecule has 0 aromatic carbocycles. The van der Waals surface area contributed by atoms with E-state index in [-0.39, 0.29) is 6.03 Å². The quantitative estimate of drug-likeness (QED) is 0.725. The highest BCUT2D eigenvalue weighted by atomic mass is 16.2. The van der Waals surface area contributed by atoms with E-state index in [1.807, 2.05) is 4.90 Å². The van der Waals surface area contributed by atoms with Gasteiger partial charge in [-0.1, -0.05) is 0 Å². The summed E-state index contributed by atoms with van der Waals surface area (Å²) in [5.41, 5.74) is 0.376. The van der Waals surface area contributed by atoms with Gasteiger partial charge in [0.2, 0.25) is 0 Å². The average Bonchev–Trinajstić information content (AvgIpc) is 2.81. The summed E-state index contributed by atoms with van der Waals surface area (Å²) < 4.78 is 0. The van der Waals surface area contributed by atoms with Crippen molar-refractivity contribution in [2.45, 2.75) is 56.5 Å². The number of hydrogen-bond acceptors (Lipinski definition) is 2. The van der Waals surface area contributed by atoms with E-state index in [1.165, 1.54) is 32.1 Å². The first-order valence-electron chi connectivity index (χ1n) is 7.08. The van der Waals surface area contributed by atoms with Crippen LogP contribution in [0, 0.1) is 0 Å². The second-order valence-electron chi connectivity index (χ2n) is 5.89. The fraction of sp³-hybridized carbons (Fsp3) is 0.923. The fourth-order valence-corrected chi connectivity index (χ4v) is 3.45. The first-order valence-corrected chi connectivity index (χ1v) is 7.08. The van der Waals surface area contributed by atoms with Gasteiger partial charge in [-0.3, -0.25) is 0 Å². The molecule has 3 rings (SSSR count). The fourth-order valence-electron chi connectivity index (χ4n) is 3.45. The zero-order valence-electron chi connectivity index (χ0n) is 10.5. The second-order valence-corrected chi connectivity index (χ2v) is 5.89. The molecule has 3 fully saturated rings. The lowest BCUT2D eigenvalue weighted by Gasteiger charge is -2.48. The molecule has 2 N–H and O–H groups in total. The summed E-state index contributed by atoms with van der Waals surface area (Å²) in [6, 6.07) is 0.563. The lowest BCUT2D eigenvalue weighted by Crippen LogP contribution is -2.60. The van der Waals surface area contributed by atoms with Crippen LogP contribution in [0.3, 0.4) is 0 Å². The molecule has 2 saturated heterocycles. The monoisotopic (exact) mass is 237 g/mol. The van der Waals surface area contributed by atoms with Gasteiger partial charge < -0.3 is 15.5 Å². The van der Waals surface area contributed by atoms with Crippen molar-refractivity contribution in [2.75, 3.05) is 19.6 Å². The maximum Gasteiger partial charge on any atom is 0.317 e. The summed E-state index contributed by atoms with van der Waals surface area (Å²) in [7, 11) is 0. The number of urea groups is 1. The Morgan fingerprint density at radius 3 is 2.65 bits per heavy atom. The average molecular weight is 237 g/mol. The topological polar surface area (TPSA) is 44.4 Å². The Morgan fingerprint density at radius 2 is 2.00 bits per heavy atom. The second kappa shape index (κ2) is 4.48. The highest BCUT2D eigenvalue weighted by Gasteiger charge is 2.41. The summed E-state index contributed by atoms with van der Waals surface area (Å²) in [6.07, 6.45) is 8.49. The molecule has 3 aliphatic rings. The minimum absolute atomic E-state index is 0.170. The Balaban J connectivity index is 1.52. The smallest absolute Gasteiger partial charge is 0.317 e. The molecule has 1 saturated carbocycles. The minimum Gasteiger partial charge on any atom is -0.335 e. The van der Waals surface area contributed by atoms with Crippen molar-refractivity contribution in [2.24, 2.45) is 0 Å². The normalized spacial score (nSPS) is 31.3. The molecule has 17 heavy (non-hydrogen) atoms. The molecule has 0 aromatic rings. The lowest BCUT2D eigenvalue weighted by molar-refractivity contribution is 0.118. The minimum atomic E-state index is 0.170. The Labute approximate surface area is 103 Å². The summed E-state index contributed by atoms with van der Waals surface area (Å²) in [5.74, 6) is 0. The number of hydrogen-bond donors (Lipinski definition) is 2. The molecule has 2 aliphatic heterocycles. The third-order valence-electron chi connectivity index (χ3n) is 4.66. The number of rotatable bonds is 1. The number of carbonyl (C=O) groups is 1. The number of nitrogens with one attached hydrogen (secondary N) is 2. The van der Waals surface area contributed by atoms with Crippen LogP contribution >= 0.6 is 0 Å². The van der Waals surface area contributed by atoms with Gasteiger partial charge in [0.1, 0.15) is 0 Å². The van der Waals surface area contributed by atoms with Crippen LogP contribution in [0.25, 0.3) is 0 Å². The number of nitrogens with zero attached hydrogens (tertiary/aromatic N) is 1. The van der Waals surface area contributed by atoms with Crippen LogP contribution in [-0.2, 0) is 0 Å². The van der Waals surface area contributed by atoms with Gasteiger partial charge >= 0.3 is 6.03 Å². The van der Waals surface area contributed by atoms with Crippen LogP contribution in [0.15, 0.2) is 0 Å². The van der Waals surface area contributed by atoms with Crippen molar-refractivity contribution in [1.29, 1.82) is 0 Å². The number of amides is 2. The highest BCUT2D eigenvalue weighted by molar-refractivity contribution is 5.74. The molecule has 1 unspecified atom stereocenters. The van der Waals surface area contributed by atoms with E-state index < -0.39 is 0 Å². The van der Waals surface area contributed by atoms with Crippen molar-refractivity contribution in [3.63, 3.8) is 0 Å². The lowest BCUT2D eigenvalue weighted by atomic mass is 9.70. The van der Waals surface area contributed by atoms with Gasteiger partial charge in [-0.05, 0) is 51.5 Å². The van der Waals surface area contributed by atoms with Crippen molar-refractivity contribution in [1.82, 2.24) is 15.5 Å². The first kappa shape index (κ1) is 11.3. The van der Waals surface area contributed by atoms with Crippen LogP contribution in [0.5, 0.6) is 0 Å². The number of piperidine rings is 1. The van der Waals surface area contributed by atoms with E-state index in [4.69, 9.17) is 0 Å². The summed E-state index contributed by atoms with van der Waals surface area (Å²) in [4.78, 5) is 14.0. The molecule has 4 nitrogen and oxygen atoms in total. The van der Waals surface area contributed by atoms with E-state index in [0.29, 0.717) is 11.6 Å². The van der Waals surface area contributed by atoms with Gasteiger partial charge in [-0.2, -0.15) is 0 Å². The third-order valence-corrected chi connectivity index (χ3v) is 4.66. The van der Waals surface area contributed by atoms with Crippen molar-refractivity contribution >= 4 is 6.03 Å². The van der Waals surface area contributed by atoms with Crippen molar-refractivity contribution in [3.8, 4) is 0 Å². The first-order chi connectivity index (χ1) is 8.27. The zero-order chi connectivity index (χ0) is 11.7. The predicted molar refractivity (Wildman–Crippen MR) is 66.9 cm³/mol. The molecule has 1 spiro atoms. The zero-order valence-corrected chi connectivity index (χ0v) is 10.5. The van der Waals surface area contributed by atoms with E-state index in [1.54, 1.807) is 0 Å². The van der Waals surface area contributed by atoms with E-state index in [0.717, 1.165) is 32.5 Å².